The minimum Gasteiger partial charge on any atom is -0.395 e. The highest BCUT2D eigenvalue weighted by Crippen LogP contribution is 2.38. The molecule has 0 bridgehead atoms. The number of nitrogens with one attached hydrogen (secondary N) is 1. The second kappa shape index (κ2) is 4.52. The Morgan fingerprint density at radius 3 is 2.88 bits per heavy atom. The summed E-state index contributed by atoms with van der Waals surface area (Å²) < 4.78 is 0. The van der Waals surface area contributed by atoms with Gasteiger partial charge in [-0.1, -0.05) is 11.6 Å². The number of likely N-dealkylation sites (N-methyl/N-ethyl adjacent to an activating group) is 1. The summed E-state index contributed by atoms with van der Waals surface area (Å²) in [5, 5.41) is 21.5. The molecule has 3 N–H and O–H groups in total. The molecule has 1 aromatic carbocycles. The predicted molar refractivity (Wildman–Crippen MR) is 65.4 cm³/mol. The number of rotatable bonds is 3. The van der Waals surface area contributed by atoms with Gasteiger partial charge in [-0.15, -0.1) is 0 Å². The molecule has 0 aromatic heterocycles. The molecule has 1 heterocycles. The predicted octanol–water partition coefficient (Wildman–Crippen LogP) is 0.754. The Kier molecular flexibility index (Phi) is 3.24. The lowest BCUT2D eigenvalue weighted by Gasteiger charge is -2.20. The fourth-order valence-corrected chi connectivity index (χ4v) is 2.13. The zero-order chi connectivity index (χ0) is 12.6. The Balaban J connectivity index is 2.39. The van der Waals surface area contributed by atoms with Crippen LogP contribution in [0.4, 0.5) is 11.4 Å². The van der Waals surface area contributed by atoms with E-state index in [-0.39, 0.29) is 6.61 Å². The molecule has 92 valence electrons. The average molecular weight is 257 g/mol. The second-order valence-corrected chi connectivity index (χ2v) is 4.34. The van der Waals surface area contributed by atoms with E-state index >= 15 is 0 Å². The lowest BCUT2D eigenvalue weighted by Crippen LogP contribution is -2.21. The third-order valence-electron chi connectivity index (χ3n) is 2.77. The molecule has 1 aliphatic rings. The van der Waals surface area contributed by atoms with Gasteiger partial charge in [-0.25, -0.2) is 0 Å². The molecule has 1 unspecified atom stereocenters. The molecule has 17 heavy (non-hydrogen) atoms. The molecule has 1 amide bonds. The summed E-state index contributed by atoms with van der Waals surface area (Å²) in [7, 11) is 1.79. The number of hydrogen-bond acceptors (Lipinski definition) is 4. The number of anilines is 2. The average Bonchev–Trinajstić information content (AvgIpc) is 2.55. The number of fused-ring (bicyclic) bond motifs is 1. The number of halogens is 1. The first-order chi connectivity index (χ1) is 8.04. The van der Waals surface area contributed by atoms with Gasteiger partial charge in [0.25, 0.3) is 5.91 Å². The van der Waals surface area contributed by atoms with Crippen molar-refractivity contribution >= 4 is 28.9 Å². The maximum Gasteiger partial charge on any atom is 0.257 e. The van der Waals surface area contributed by atoms with Crippen molar-refractivity contribution in [2.24, 2.45) is 0 Å². The van der Waals surface area contributed by atoms with Gasteiger partial charge in [-0.05, 0) is 12.1 Å². The fraction of sp³-hybridized carbons (Fsp3) is 0.364. The Hall–Kier alpha value is -1.30. The molecular formula is C11H13ClN2O3. The highest BCUT2D eigenvalue weighted by Gasteiger charge is 2.29. The Morgan fingerprint density at radius 1 is 1.53 bits per heavy atom. The van der Waals surface area contributed by atoms with Gasteiger partial charge in [0.2, 0.25) is 0 Å². The smallest absolute Gasteiger partial charge is 0.257 e. The first-order valence-electron chi connectivity index (χ1n) is 5.19. The van der Waals surface area contributed by atoms with E-state index in [9.17, 15) is 9.90 Å². The summed E-state index contributed by atoms with van der Waals surface area (Å²) in [4.78, 5) is 13.1. The minimum absolute atomic E-state index is 0.0128. The summed E-state index contributed by atoms with van der Waals surface area (Å²) in [5.74, 6) is -0.446. The van der Waals surface area contributed by atoms with E-state index in [4.69, 9.17) is 16.7 Å². The molecule has 1 atom stereocenters. The number of amides is 1. The molecule has 0 fully saturated rings. The number of carbonyl (C=O) groups is 1. The summed E-state index contributed by atoms with van der Waals surface area (Å²) in [5.41, 5.74) is 1.75. The zero-order valence-electron chi connectivity index (χ0n) is 9.27. The van der Waals surface area contributed by atoms with Gasteiger partial charge in [-0.2, -0.15) is 0 Å². The van der Waals surface area contributed by atoms with Gasteiger partial charge in [-0.3, -0.25) is 4.79 Å². The van der Waals surface area contributed by atoms with Gasteiger partial charge in [0.15, 0.2) is 6.10 Å². The highest BCUT2D eigenvalue weighted by molar-refractivity contribution is 6.33. The number of benzene rings is 1. The van der Waals surface area contributed by atoms with Crippen LogP contribution in [0.1, 0.15) is 11.7 Å². The fourth-order valence-electron chi connectivity index (χ4n) is 1.82. The summed E-state index contributed by atoms with van der Waals surface area (Å²) >= 11 is 6.08. The van der Waals surface area contributed by atoms with Crippen LogP contribution >= 0.6 is 11.6 Å². The lowest BCUT2D eigenvalue weighted by molar-refractivity contribution is -0.123. The van der Waals surface area contributed by atoms with Gasteiger partial charge >= 0.3 is 0 Å². The van der Waals surface area contributed by atoms with Crippen molar-refractivity contribution in [3.63, 3.8) is 0 Å². The molecule has 0 radical (unpaired) electrons. The van der Waals surface area contributed by atoms with Crippen molar-refractivity contribution in [1.82, 2.24) is 0 Å². The van der Waals surface area contributed by atoms with Crippen LogP contribution < -0.4 is 10.2 Å². The highest BCUT2D eigenvalue weighted by atomic mass is 35.5. The van der Waals surface area contributed by atoms with Crippen LogP contribution in [0.25, 0.3) is 0 Å². The van der Waals surface area contributed by atoms with Crippen molar-refractivity contribution < 1.29 is 15.0 Å². The SMILES string of the molecule is CN(CCO)c1cc2c(cc1Cl)C(O)C(=O)N2. The Morgan fingerprint density at radius 2 is 2.24 bits per heavy atom. The first kappa shape index (κ1) is 12.2. The number of aliphatic hydroxyl groups excluding tert-OH is 2. The van der Waals surface area contributed by atoms with Crippen molar-refractivity contribution in [3.05, 3.63) is 22.7 Å². The van der Waals surface area contributed by atoms with Crippen LogP contribution in [0.3, 0.4) is 0 Å². The van der Waals surface area contributed by atoms with Crippen LogP contribution in [0, 0.1) is 0 Å². The first-order valence-corrected chi connectivity index (χ1v) is 5.56. The number of hydrogen-bond donors (Lipinski definition) is 3. The maximum absolute atomic E-state index is 11.3. The number of aliphatic hydroxyl groups is 2. The van der Waals surface area contributed by atoms with Crippen molar-refractivity contribution in [2.75, 3.05) is 30.4 Å². The van der Waals surface area contributed by atoms with E-state index < -0.39 is 12.0 Å². The molecule has 6 heteroatoms. The monoisotopic (exact) mass is 256 g/mol. The van der Waals surface area contributed by atoms with Crippen LogP contribution in [0.5, 0.6) is 0 Å². The van der Waals surface area contributed by atoms with Crippen LogP contribution in [0.15, 0.2) is 12.1 Å². The standard InChI is InChI=1S/C11H13ClN2O3/c1-14(2-3-15)9-5-8-6(4-7(9)12)10(16)11(17)13-8/h4-5,10,15-16H,2-3H2,1H3,(H,13,17). The van der Waals surface area contributed by atoms with Gasteiger partial charge < -0.3 is 20.4 Å². The van der Waals surface area contributed by atoms with Crippen molar-refractivity contribution in [3.8, 4) is 0 Å². The molecule has 1 aromatic rings. The third kappa shape index (κ3) is 2.09. The molecule has 0 saturated heterocycles. The minimum atomic E-state index is -1.15. The molecule has 0 aliphatic carbocycles. The van der Waals surface area contributed by atoms with E-state index in [0.29, 0.717) is 28.5 Å². The third-order valence-corrected chi connectivity index (χ3v) is 3.07. The van der Waals surface area contributed by atoms with Crippen LogP contribution in [0.2, 0.25) is 5.02 Å². The molecule has 2 rings (SSSR count). The molecular weight excluding hydrogens is 244 g/mol. The summed E-state index contributed by atoms with van der Waals surface area (Å²) in [6, 6.07) is 3.27. The van der Waals surface area contributed by atoms with Crippen molar-refractivity contribution in [2.45, 2.75) is 6.10 Å². The van der Waals surface area contributed by atoms with E-state index in [2.05, 4.69) is 5.32 Å². The van der Waals surface area contributed by atoms with Gasteiger partial charge in [0.05, 0.1) is 17.3 Å². The summed E-state index contributed by atoms with van der Waals surface area (Å²) in [6.45, 7) is 0.452. The van der Waals surface area contributed by atoms with Crippen molar-refractivity contribution in [1.29, 1.82) is 0 Å². The normalized spacial score (nSPS) is 17.9. The Labute approximate surface area is 104 Å². The van der Waals surface area contributed by atoms with Crippen LogP contribution in [-0.2, 0) is 4.79 Å². The number of nitrogens with zero attached hydrogens (tertiary/aromatic N) is 1. The Bertz CT molecular complexity index is 464. The molecule has 0 spiro atoms. The maximum atomic E-state index is 11.3. The number of carbonyl (C=O) groups excluding carboxylic acids is 1. The van der Waals surface area contributed by atoms with Crippen LogP contribution in [-0.4, -0.2) is 36.3 Å². The lowest BCUT2D eigenvalue weighted by atomic mass is 10.1. The summed E-state index contributed by atoms with van der Waals surface area (Å²) in [6.07, 6.45) is -1.15. The van der Waals surface area contributed by atoms with E-state index in [1.54, 1.807) is 24.1 Å². The zero-order valence-corrected chi connectivity index (χ0v) is 10.0. The second-order valence-electron chi connectivity index (χ2n) is 3.93. The van der Waals surface area contributed by atoms with Gasteiger partial charge in [0.1, 0.15) is 0 Å². The van der Waals surface area contributed by atoms with E-state index in [1.165, 1.54) is 0 Å². The topological polar surface area (TPSA) is 72.8 Å². The van der Waals surface area contributed by atoms with E-state index in [1.807, 2.05) is 0 Å². The van der Waals surface area contributed by atoms with Gasteiger partial charge in [0, 0.05) is 24.8 Å². The molecule has 1 aliphatic heterocycles. The van der Waals surface area contributed by atoms with E-state index in [0.717, 1.165) is 0 Å². The molecule has 5 nitrogen and oxygen atoms in total. The molecule has 0 saturated carbocycles. The quantitative estimate of drug-likeness (QED) is 0.746. The largest absolute Gasteiger partial charge is 0.395 e.